The highest BCUT2D eigenvalue weighted by Crippen LogP contribution is 2.34. The molecule has 0 saturated carbocycles. The van der Waals surface area contributed by atoms with Crippen molar-refractivity contribution in [2.75, 3.05) is 13.7 Å². The Morgan fingerprint density at radius 2 is 1.96 bits per heavy atom. The molecule has 23 heavy (non-hydrogen) atoms. The number of nitrogens with zero attached hydrogens (tertiary/aromatic N) is 2. The maximum absolute atomic E-state index is 13.1. The van der Waals surface area contributed by atoms with Gasteiger partial charge in [-0.3, -0.25) is 4.68 Å². The van der Waals surface area contributed by atoms with E-state index in [2.05, 4.69) is 10.4 Å². The SMILES string of the molecule is COc1ccc(Cn2nc(C(F)(F)F)c3c2CNCC3)cc1.Cl. The van der Waals surface area contributed by atoms with Crippen molar-refractivity contribution in [3.8, 4) is 5.75 Å². The van der Waals surface area contributed by atoms with E-state index in [0.29, 0.717) is 43.1 Å². The molecule has 3 rings (SSSR count). The Morgan fingerprint density at radius 3 is 2.57 bits per heavy atom. The Morgan fingerprint density at radius 1 is 1.26 bits per heavy atom. The van der Waals surface area contributed by atoms with Gasteiger partial charge in [0.15, 0.2) is 5.69 Å². The summed E-state index contributed by atoms with van der Waals surface area (Å²) in [6.07, 6.45) is -4.06. The number of fused-ring (bicyclic) bond motifs is 1. The zero-order valence-electron chi connectivity index (χ0n) is 12.5. The van der Waals surface area contributed by atoms with Crippen LogP contribution >= 0.6 is 12.4 Å². The number of hydrogen-bond donors (Lipinski definition) is 1. The van der Waals surface area contributed by atoms with Gasteiger partial charge in [-0.15, -0.1) is 12.4 Å². The summed E-state index contributed by atoms with van der Waals surface area (Å²) in [5, 5.41) is 6.92. The van der Waals surface area contributed by atoms with E-state index >= 15 is 0 Å². The van der Waals surface area contributed by atoms with Crippen LogP contribution in [-0.4, -0.2) is 23.4 Å². The van der Waals surface area contributed by atoms with Crippen LogP contribution in [0.25, 0.3) is 0 Å². The maximum Gasteiger partial charge on any atom is 0.435 e. The molecule has 0 radical (unpaired) electrons. The molecular weight excluding hydrogens is 331 g/mol. The van der Waals surface area contributed by atoms with Crippen LogP contribution in [0.3, 0.4) is 0 Å². The Balaban J connectivity index is 0.00000192. The van der Waals surface area contributed by atoms with Crippen molar-refractivity contribution < 1.29 is 17.9 Å². The fraction of sp³-hybridized carbons (Fsp3) is 0.400. The second-order valence-corrected chi connectivity index (χ2v) is 5.20. The zero-order valence-corrected chi connectivity index (χ0v) is 13.3. The summed E-state index contributed by atoms with van der Waals surface area (Å²) in [7, 11) is 1.57. The van der Waals surface area contributed by atoms with E-state index in [9.17, 15) is 13.2 Å². The smallest absolute Gasteiger partial charge is 0.435 e. The lowest BCUT2D eigenvalue weighted by Gasteiger charge is -2.16. The first kappa shape index (κ1) is 17.6. The van der Waals surface area contributed by atoms with E-state index in [1.165, 1.54) is 4.68 Å². The van der Waals surface area contributed by atoms with Crippen molar-refractivity contribution in [3.05, 3.63) is 46.8 Å². The average Bonchev–Trinajstić information content (AvgIpc) is 2.87. The summed E-state index contributed by atoms with van der Waals surface area (Å²) in [5.74, 6) is 0.712. The summed E-state index contributed by atoms with van der Waals surface area (Å²) >= 11 is 0. The largest absolute Gasteiger partial charge is 0.497 e. The Labute approximate surface area is 138 Å². The minimum absolute atomic E-state index is 0. The van der Waals surface area contributed by atoms with Gasteiger partial charge in [-0.05, 0) is 30.7 Å². The third-order valence-electron chi connectivity index (χ3n) is 3.77. The topological polar surface area (TPSA) is 39.1 Å². The van der Waals surface area contributed by atoms with E-state index in [1.54, 1.807) is 19.2 Å². The van der Waals surface area contributed by atoms with Gasteiger partial charge in [-0.25, -0.2) is 0 Å². The highest BCUT2D eigenvalue weighted by Gasteiger charge is 2.39. The van der Waals surface area contributed by atoms with Crippen molar-refractivity contribution in [1.29, 1.82) is 0 Å². The van der Waals surface area contributed by atoms with Gasteiger partial charge in [0.05, 0.1) is 19.3 Å². The monoisotopic (exact) mass is 347 g/mol. The first-order chi connectivity index (χ1) is 10.5. The normalized spacial score (nSPS) is 14.1. The van der Waals surface area contributed by atoms with Crippen molar-refractivity contribution >= 4 is 12.4 Å². The summed E-state index contributed by atoms with van der Waals surface area (Å²) in [6, 6.07) is 7.23. The van der Waals surface area contributed by atoms with E-state index in [-0.39, 0.29) is 12.4 Å². The molecule has 126 valence electrons. The van der Waals surface area contributed by atoms with Crippen LogP contribution in [0.4, 0.5) is 13.2 Å². The molecule has 0 bridgehead atoms. The molecular formula is C15H17ClF3N3O. The molecule has 0 atom stereocenters. The van der Waals surface area contributed by atoms with Gasteiger partial charge in [0, 0.05) is 12.1 Å². The van der Waals surface area contributed by atoms with Crippen molar-refractivity contribution in [2.45, 2.75) is 25.7 Å². The molecule has 1 aromatic carbocycles. The van der Waals surface area contributed by atoms with Gasteiger partial charge in [-0.1, -0.05) is 12.1 Å². The molecule has 0 spiro atoms. The third-order valence-corrected chi connectivity index (χ3v) is 3.77. The van der Waals surface area contributed by atoms with Crippen LogP contribution in [0.5, 0.6) is 5.75 Å². The number of nitrogens with one attached hydrogen (secondary N) is 1. The molecule has 1 aliphatic rings. The van der Waals surface area contributed by atoms with Crippen LogP contribution in [0.2, 0.25) is 0 Å². The standard InChI is InChI=1S/C15H16F3N3O.ClH/c1-22-11-4-2-10(3-5-11)9-21-13-8-19-7-6-12(13)14(20-21)15(16,17)18;/h2-5,19H,6-9H2,1H3;1H. The summed E-state index contributed by atoms with van der Waals surface area (Å²) in [6.45, 7) is 1.27. The van der Waals surface area contributed by atoms with E-state index in [1.807, 2.05) is 12.1 Å². The van der Waals surface area contributed by atoms with Crippen LogP contribution in [0.1, 0.15) is 22.5 Å². The number of rotatable bonds is 3. The van der Waals surface area contributed by atoms with Crippen molar-refractivity contribution in [3.63, 3.8) is 0 Å². The first-order valence-electron chi connectivity index (χ1n) is 6.98. The summed E-state index contributed by atoms with van der Waals surface area (Å²) in [5.41, 5.74) is 1.07. The molecule has 0 unspecified atom stereocenters. The lowest BCUT2D eigenvalue weighted by atomic mass is 10.1. The van der Waals surface area contributed by atoms with E-state index in [4.69, 9.17) is 4.74 Å². The highest BCUT2D eigenvalue weighted by atomic mass is 35.5. The second kappa shape index (κ2) is 6.80. The number of alkyl halides is 3. The fourth-order valence-corrected chi connectivity index (χ4v) is 2.68. The number of methoxy groups -OCH3 is 1. The minimum atomic E-state index is -4.41. The number of aromatic nitrogens is 2. The third kappa shape index (κ3) is 3.61. The van der Waals surface area contributed by atoms with Gasteiger partial charge in [0.2, 0.25) is 0 Å². The Kier molecular flexibility index (Phi) is 5.21. The van der Waals surface area contributed by atoms with Gasteiger partial charge in [0.1, 0.15) is 5.75 Å². The number of hydrogen-bond acceptors (Lipinski definition) is 3. The molecule has 1 aromatic heterocycles. The van der Waals surface area contributed by atoms with Crippen molar-refractivity contribution in [1.82, 2.24) is 15.1 Å². The number of benzene rings is 1. The zero-order chi connectivity index (χ0) is 15.7. The second-order valence-electron chi connectivity index (χ2n) is 5.20. The molecule has 1 N–H and O–H groups in total. The molecule has 0 aliphatic carbocycles. The number of halogens is 4. The lowest BCUT2D eigenvalue weighted by Crippen LogP contribution is -2.26. The molecule has 2 heterocycles. The predicted molar refractivity (Wildman–Crippen MR) is 82.0 cm³/mol. The van der Waals surface area contributed by atoms with E-state index in [0.717, 1.165) is 5.56 Å². The quantitative estimate of drug-likeness (QED) is 0.927. The van der Waals surface area contributed by atoms with Crippen LogP contribution in [-0.2, 0) is 25.7 Å². The summed E-state index contributed by atoms with van der Waals surface area (Å²) < 4.78 is 45.9. The molecule has 0 fully saturated rings. The average molecular weight is 348 g/mol. The predicted octanol–water partition coefficient (Wildman–Crippen LogP) is 3.03. The Hall–Kier alpha value is -1.73. The Bertz CT molecular complexity index is 668. The van der Waals surface area contributed by atoms with Gasteiger partial charge in [0.25, 0.3) is 0 Å². The minimum Gasteiger partial charge on any atom is -0.497 e. The molecule has 4 nitrogen and oxygen atoms in total. The molecule has 0 amide bonds. The molecule has 0 saturated heterocycles. The molecule has 2 aromatic rings. The highest BCUT2D eigenvalue weighted by molar-refractivity contribution is 5.85. The van der Waals surface area contributed by atoms with Crippen LogP contribution < -0.4 is 10.1 Å². The van der Waals surface area contributed by atoms with E-state index < -0.39 is 11.9 Å². The van der Waals surface area contributed by atoms with Gasteiger partial charge < -0.3 is 10.1 Å². The molecule has 1 aliphatic heterocycles. The summed E-state index contributed by atoms with van der Waals surface area (Å²) in [4.78, 5) is 0. The first-order valence-corrected chi connectivity index (χ1v) is 6.98. The van der Waals surface area contributed by atoms with Crippen molar-refractivity contribution in [2.24, 2.45) is 0 Å². The molecule has 8 heteroatoms. The van der Waals surface area contributed by atoms with Crippen LogP contribution in [0, 0.1) is 0 Å². The maximum atomic E-state index is 13.1. The fourth-order valence-electron chi connectivity index (χ4n) is 2.68. The van der Waals surface area contributed by atoms with Gasteiger partial charge in [-0.2, -0.15) is 18.3 Å². The number of ether oxygens (including phenoxy) is 1. The van der Waals surface area contributed by atoms with Gasteiger partial charge >= 0.3 is 6.18 Å². The lowest BCUT2D eigenvalue weighted by molar-refractivity contribution is -0.142. The van der Waals surface area contributed by atoms with Crippen LogP contribution in [0.15, 0.2) is 24.3 Å².